The Labute approximate surface area is 426 Å². The molecule has 2 amide bonds. The first-order valence-corrected chi connectivity index (χ1v) is 25.5. The van der Waals surface area contributed by atoms with E-state index in [4.69, 9.17) is 0 Å². The Kier molecular flexibility index (Phi) is 10.5. The van der Waals surface area contributed by atoms with Crippen LogP contribution in [0.4, 0.5) is 5.69 Å². The third-order valence-corrected chi connectivity index (χ3v) is 15.3. The van der Waals surface area contributed by atoms with E-state index in [1.165, 1.54) is 10.5 Å². The molecular weight excluding hydrogens is 887 g/mol. The molecule has 0 unspecified atom stereocenters. The average molecular weight is 938 g/mol. The number of carbonyl (C=O) groups is 2. The van der Waals surface area contributed by atoms with Crippen LogP contribution in [0.1, 0.15) is 71.4 Å². The monoisotopic (exact) mass is 937 g/mol. The van der Waals surface area contributed by atoms with E-state index in [-0.39, 0.29) is 23.7 Å². The van der Waals surface area contributed by atoms with Crippen molar-refractivity contribution in [3.8, 4) is 66.8 Å². The topological polar surface area (TPSA) is 37.4 Å². The summed E-state index contributed by atoms with van der Waals surface area (Å²) in [6.45, 7) is 8.50. The van der Waals surface area contributed by atoms with Crippen LogP contribution in [0.2, 0.25) is 0 Å². The van der Waals surface area contributed by atoms with E-state index in [0.29, 0.717) is 11.1 Å². The minimum Gasteiger partial charge on any atom is -0.268 e. The molecule has 0 spiro atoms. The number of rotatable bonds is 9. The lowest BCUT2D eigenvalue weighted by molar-refractivity contribution is 0.0893. The van der Waals surface area contributed by atoms with Gasteiger partial charge in [-0.3, -0.25) is 9.59 Å². The number of carbonyl (C=O) groups excluding carboxylic acids is 2. The number of amides is 2. The highest BCUT2D eigenvalue weighted by molar-refractivity contribution is 6.43. The standard InChI is InChI=1S/C70H51NO2/c1-42(2)49-32-20-33-50(43(3)4)68(49)71-69(72)57-40-38-54-51-34-21-35-52-56(37-36-53(64(51)52)55-39-41-58(70(71)73)66(57)65(54)55)67-62(47-28-16-8-17-29-47)60(45-24-12-6-13-25-45)59(44-22-10-5-11-23-44)61(46-26-14-7-15-27-46)63(67)48-30-18-9-19-31-48/h5-43H,1-4H3. The van der Waals surface area contributed by atoms with Crippen molar-refractivity contribution in [2.24, 2.45) is 0 Å². The molecule has 3 nitrogen and oxygen atoms in total. The Morgan fingerprint density at radius 1 is 0.274 bits per heavy atom. The summed E-state index contributed by atoms with van der Waals surface area (Å²) in [7, 11) is 0. The summed E-state index contributed by atoms with van der Waals surface area (Å²) in [5, 5.41) is 8.15. The highest BCUT2D eigenvalue weighted by Crippen LogP contribution is 2.58. The van der Waals surface area contributed by atoms with Gasteiger partial charge in [-0.2, -0.15) is 0 Å². The van der Waals surface area contributed by atoms with Crippen LogP contribution < -0.4 is 4.90 Å². The second kappa shape index (κ2) is 17.4. The van der Waals surface area contributed by atoms with E-state index >= 15 is 9.59 Å². The lowest BCUT2D eigenvalue weighted by atomic mass is 9.73. The van der Waals surface area contributed by atoms with Crippen molar-refractivity contribution in [1.82, 2.24) is 0 Å². The molecule has 13 rings (SSSR count). The van der Waals surface area contributed by atoms with Crippen LogP contribution in [-0.2, 0) is 0 Å². The molecule has 1 aliphatic rings. The van der Waals surface area contributed by atoms with Crippen LogP contribution in [0.15, 0.2) is 224 Å². The molecule has 12 aromatic carbocycles. The maximum atomic E-state index is 15.1. The van der Waals surface area contributed by atoms with Gasteiger partial charge in [0.15, 0.2) is 0 Å². The van der Waals surface area contributed by atoms with E-state index < -0.39 is 0 Å². The second-order valence-electron chi connectivity index (χ2n) is 20.1. The van der Waals surface area contributed by atoms with Gasteiger partial charge in [-0.15, -0.1) is 0 Å². The van der Waals surface area contributed by atoms with Gasteiger partial charge in [-0.05, 0) is 140 Å². The van der Waals surface area contributed by atoms with Gasteiger partial charge in [0.05, 0.1) is 5.69 Å². The zero-order chi connectivity index (χ0) is 49.5. The van der Waals surface area contributed by atoms with Gasteiger partial charge in [0, 0.05) is 16.5 Å². The van der Waals surface area contributed by atoms with Crippen molar-refractivity contribution in [3.63, 3.8) is 0 Å². The molecule has 3 heteroatoms. The molecule has 0 fully saturated rings. The largest absolute Gasteiger partial charge is 0.268 e. The third kappa shape index (κ3) is 6.80. The van der Waals surface area contributed by atoms with Crippen molar-refractivity contribution in [2.45, 2.75) is 39.5 Å². The molecule has 1 heterocycles. The van der Waals surface area contributed by atoms with E-state index in [0.717, 1.165) is 121 Å². The minimum atomic E-state index is -0.278. The molecule has 1 aliphatic heterocycles. The summed E-state index contributed by atoms with van der Waals surface area (Å²) in [5.41, 5.74) is 17.5. The van der Waals surface area contributed by atoms with Gasteiger partial charge < -0.3 is 0 Å². The molecule has 0 N–H and O–H groups in total. The molecule has 0 bridgehead atoms. The van der Waals surface area contributed by atoms with Crippen molar-refractivity contribution < 1.29 is 9.59 Å². The van der Waals surface area contributed by atoms with E-state index in [9.17, 15) is 0 Å². The Hall–Kier alpha value is -8.92. The maximum Gasteiger partial charge on any atom is 0.266 e. The Morgan fingerprint density at radius 3 is 0.973 bits per heavy atom. The molecule has 0 radical (unpaired) electrons. The minimum absolute atomic E-state index is 0.108. The van der Waals surface area contributed by atoms with Crippen molar-refractivity contribution >= 4 is 60.6 Å². The number of anilines is 1. The fourth-order valence-electron chi connectivity index (χ4n) is 12.2. The number of benzene rings is 12. The fourth-order valence-corrected chi connectivity index (χ4v) is 12.2. The zero-order valence-electron chi connectivity index (χ0n) is 41.3. The lowest BCUT2D eigenvalue weighted by Gasteiger charge is -2.33. The molecule has 12 aromatic rings. The molecule has 73 heavy (non-hydrogen) atoms. The number of hydrogen-bond donors (Lipinski definition) is 0. The van der Waals surface area contributed by atoms with Gasteiger partial charge >= 0.3 is 0 Å². The van der Waals surface area contributed by atoms with Crippen LogP contribution in [0, 0.1) is 0 Å². The summed E-state index contributed by atoms with van der Waals surface area (Å²) in [6, 6.07) is 80.2. The predicted octanol–water partition coefficient (Wildman–Crippen LogP) is 18.8. The lowest BCUT2D eigenvalue weighted by Crippen LogP contribution is -2.41. The number of imide groups is 1. The Bertz CT molecular complexity index is 3940. The highest BCUT2D eigenvalue weighted by Gasteiger charge is 2.38. The summed E-state index contributed by atoms with van der Waals surface area (Å²) in [5.74, 6) is -0.339. The summed E-state index contributed by atoms with van der Waals surface area (Å²) >= 11 is 0. The average Bonchev–Trinajstić information content (AvgIpc) is 3.44. The zero-order valence-corrected chi connectivity index (χ0v) is 41.3. The predicted molar refractivity (Wildman–Crippen MR) is 306 cm³/mol. The van der Waals surface area contributed by atoms with E-state index in [1.54, 1.807) is 0 Å². The number of hydrogen-bond acceptors (Lipinski definition) is 2. The quantitative estimate of drug-likeness (QED) is 0.0821. The fraction of sp³-hybridized carbons (Fsp3) is 0.0857. The van der Waals surface area contributed by atoms with Crippen molar-refractivity contribution in [2.75, 3.05) is 4.90 Å². The first-order chi connectivity index (χ1) is 35.8. The number of fused-ring (bicyclic) bond motifs is 2. The van der Waals surface area contributed by atoms with Crippen LogP contribution in [0.5, 0.6) is 0 Å². The SMILES string of the molecule is CC(C)c1cccc(C(C)C)c1N1C(=O)c2ccc3c4cccc5c(-c6c(-c7ccccc7)c(-c7ccccc7)c(-c7ccccc7)c(-c7ccccc7)c6-c6ccccc6)ccc(c6ccc(c2c36)C1=O)c54. The van der Waals surface area contributed by atoms with Crippen molar-refractivity contribution in [1.29, 1.82) is 0 Å². The smallest absolute Gasteiger partial charge is 0.266 e. The number of nitrogens with zero attached hydrogens (tertiary/aromatic N) is 1. The van der Waals surface area contributed by atoms with Gasteiger partial charge in [-0.1, -0.05) is 240 Å². The summed E-state index contributed by atoms with van der Waals surface area (Å²) in [6.07, 6.45) is 0. The summed E-state index contributed by atoms with van der Waals surface area (Å²) < 4.78 is 0. The van der Waals surface area contributed by atoms with Crippen LogP contribution in [0.25, 0.3) is 110 Å². The van der Waals surface area contributed by atoms with Gasteiger partial charge in [0.1, 0.15) is 0 Å². The van der Waals surface area contributed by atoms with E-state index in [1.807, 2.05) is 18.2 Å². The third-order valence-electron chi connectivity index (χ3n) is 15.3. The molecule has 0 aromatic heterocycles. The molecule has 0 saturated heterocycles. The molecular formula is C70H51NO2. The normalized spacial score (nSPS) is 12.7. The molecule has 348 valence electrons. The van der Waals surface area contributed by atoms with Crippen LogP contribution in [0.3, 0.4) is 0 Å². The van der Waals surface area contributed by atoms with Crippen LogP contribution in [-0.4, -0.2) is 11.8 Å². The number of para-hydroxylation sites is 1. The van der Waals surface area contributed by atoms with Gasteiger partial charge in [0.2, 0.25) is 0 Å². The Morgan fingerprint density at radius 2 is 0.589 bits per heavy atom. The first kappa shape index (κ1) is 44.1. The van der Waals surface area contributed by atoms with E-state index in [2.05, 4.69) is 234 Å². The molecule has 0 aliphatic carbocycles. The van der Waals surface area contributed by atoms with Crippen molar-refractivity contribution in [3.05, 3.63) is 247 Å². The van der Waals surface area contributed by atoms with Gasteiger partial charge in [-0.25, -0.2) is 4.90 Å². The maximum absolute atomic E-state index is 15.1. The summed E-state index contributed by atoms with van der Waals surface area (Å²) in [4.78, 5) is 31.7. The Balaban J connectivity index is 1.16. The van der Waals surface area contributed by atoms with Gasteiger partial charge in [0.25, 0.3) is 11.8 Å². The second-order valence-corrected chi connectivity index (χ2v) is 20.1. The first-order valence-electron chi connectivity index (χ1n) is 25.5. The molecule has 0 atom stereocenters. The highest BCUT2D eigenvalue weighted by atomic mass is 16.2. The van der Waals surface area contributed by atoms with Crippen LogP contribution >= 0.6 is 0 Å². The molecule has 0 saturated carbocycles.